The van der Waals surface area contributed by atoms with Crippen LogP contribution in [0, 0.1) is 0 Å². The van der Waals surface area contributed by atoms with Crippen LogP contribution in [0.3, 0.4) is 0 Å². The highest BCUT2D eigenvalue weighted by Gasteiger charge is 2.44. The summed E-state index contributed by atoms with van der Waals surface area (Å²) in [6, 6.07) is -0.854. The largest absolute Gasteiger partial charge is 0.394 e. The monoisotopic (exact) mass is 870 g/mol. The minimum Gasteiger partial charge on any atom is -0.394 e. The summed E-state index contributed by atoms with van der Waals surface area (Å²) in [5.74, 6) is -0.235. The smallest absolute Gasteiger partial charge is 0.220 e. The Bertz CT molecular complexity index is 1240. The highest BCUT2D eigenvalue weighted by molar-refractivity contribution is 5.76. The van der Waals surface area contributed by atoms with Crippen molar-refractivity contribution in [3.8, 4) is 0 Å². The number of nitrogens with one attached hydrogen (secondary N) is 1. The van der Waals surface area contributed by atoms with Gasteiger partial charge >= 0.3 is 0 Å². The Balaban J connectivity index is 2.37. The van der Waals surface area contributed by atoms with E-state index in [9.17, 15) is 30.3 Å². The Morgan fingerprint density at radius 1 is 0.565 bits per heavy atom. The number of amides is 1. The first-order chi connectivity index (χ1) is 30.3. The Morgan fingerprint density at radius 2 is 1.02 bits per heavy atom. The van der Waals surface area contributed by atoms with Crippen LogP contribution < -0.4 is 5.32 Å². The fourth-order valence-corrected chi connectivity index (χ4v) is 7.24. The van der Waals surface area contributed by atoms with Gasteiger partial charge in [0.2, 0.25) is 5.91 Å². The summed E-state index contributed by atoms with van der Waals surface area (Å²) in [6.45, 7) is 3.60. The summed E-state index contributed by atoms with van der Waals surface area (Å²) in [6.07, 6.45) is 52.2. The second-order valence-corrected chi connectivity index (χ2v) is 16.9. The first kappa shape index (κ1) is 57.4. The summed E-state index contributed by atoms with van der Waals surface area (Å²) in [7, 11) is 0. The molecule has 0 aromatic carbocycles. The lowest BCUT2D eigenvalue weighted by molar-refractivity contribution is -0.302. The van der Waals surface area contributed by atoms with E-state index in [1.54, 1.807) is 6.08 Å². The molecule has 1 heterocycles. The van der Waals surface area contributed by atoms with Crippen molar-refractivity contribution in [3.63, 3.8) is 0 Å². The number of carbonyl (C=O) groups is 1. The van der Waals surface area contributed by atoms with Crippen LogP contribution >= 0.6 is 0 Å². The van der Waals surface area contributed by atoms with Crippen molar-refractivity contribution in [2.45, 2.75) is 230 Å². The van der Waals surface area contributed by atoms with Crippen molar-refractivity contribution in [1.82, 2.24) is 5.32 Å². The maximum absolute atomic E-state index is 12.9. The van der Waals surface area contributed by atoms with Gasteiger partial charge in [-0.25, -0.2) is 0 Å². The summed E-state index contributed by atoms with van der Waals surface area (Å²) < 4.78 is 11.2. The first-order valence-corrected chi connectivity index (χ1v) is 24.8. The Labute approximate surface area is 378 Å². The van der Waals surface area contributed by atoms with Gasteiger partial charge in [-0.05, 0) is 83.5 Å². The lowest BCUT2D eigenvalue weighted by Crippen LogP contribution is -2.60. The van der Waals surface area contributed by atoms with Crippen LogP contribution in [0.15, 0.2) is 85.1 Å². The zero-order valence-electron chi connectivity index (χ0n) is 39.1. The molecule has 7 atom stereocenters. The molecule has 0 spiro atoms. The third-order valence-corrected chi connectivity index (χ3v) is 11.2. The molecule has 0 radical (unpaired) electrons. The number of ether oxygens (including phenoxy) is 2. The van der Waals surface area contributed by atoms with E-state index in [4.69, 9.17) is 9.47 Å². The van der Waals surface area contributed by atoms with E-state index in [1.807, 2.05) is 6.08 Å². The number of aliphatic hydroxyl groups excluding tert-OH is 5. The summed E-state index contributed by atoms with van der Waals surface area (Å²) in [5, 5.41) is 54.2. The molecule has 1 saturated heterocycles. The van der Waals surface area contributed by atoms with Gasteiger partial charge in [0.1, 0.15) is 24.4 Å². The van der Waals surface area contributed by atoms with Crippen molar-refractivity contribution >= 4 is 5.91 Å². The van der Waals surface area contributed by atoms with Gasteiger partial charge in [0.05, 0.1) is 25.4 Å². The van der Waals surface area contributed by atoms with Gasteiger partial charge in [0.25, 0.3) is 0 Å². The van der Waals surface area contributed by atoms with Gasteiger partial charge in [-0.1, -0.05) is 182 Å². The molecule has 9 nitrogen and oxygen atoms in total. The van der Waals surface area contributed by atoms with Crippen LogP contribution in [0.2, 0.25) is 0 Å². The molecule has 62 heavy (non-hydrogen) atoms. The lowest BCUT2D eigenvalue weighted by Gasteiger charge is -2.40. The fraction of sp³-hybridized carbons (Fsp3) is 0.717. The highest BCUT2D eigenvalue weighted by atomic mass is 16.7. The molecular weight excluding hydrogens is 779 g/mol. The number of hydrogen-bond donors (Lipinski definition) is 6. The Hall–Kier alpha value is -2.63. The molecule has 6 N–H and O–H groups in total. The number of rotatable bonds is 40. The average molecular weight is 870 g/mol. The summed E-state index contributed by atoms with van der Waals surface area (Å²) >= 11 is 0. The maximum Gasteiger partial charge on any atom is 0.220 e. The predicted molar refractivity (Wildman–Crippen MR) is 258 cm³/mol. The second-order valence-electron chi connectivity index (χ2n) is 16.9. The van der Waals surface area contributed by atoms with E-state index in [0.29, 0.717) is 12.8 Å². The van der Waals surface area contributed by atoms with Gasteiger partial charge in [-0.3, -0.25) is 4.79 Å². The molecule has 0 aliphatic carbocycles. The van der Waals surface area contributed by atoms with Crippen molar-refractivity contribution < 1.29 is 39.8 Å². The summed E-state index contributed by atoms with van der Waals surface area (Å²) in [4.78, 5) is 12.9. The molecule has 0 saturated carbocycles. The predicted octanol–water partition coefficient (Wildman–Crippen LogP) is 11.1. The van der Waals surface area contributed by atoms with E-state index in [2.05, 4.69) is 92.1 Å². The zero-order valence-corrected chi connectivity index (χ0v) is 39.1. The molecular formula is C53H91NO8. The molecule has 7 unspecified atom stereocenters. The Morgan fingerprint density at radius 3 is 1.55 bits per heavy atom. The minimum atomic E-state index is -1.59. The number of aliphatic hydroxyl groups is 5. The van der Waals surface area contributed by atoms with Crippen LogP contribution in [0.1, 0.15) is 187 Å². The molecule has 0 bridgehead atoms. The van der Waals surface area contributed by atoms with E-state index < -0.39 is 49.5 Å². The van der Waals surface area contributed by atoms with Gasteiger partial charge in [-0.15, -0.1) is 0 Å². The maximum atomic E-state index is 12.9. The molecule has 1 rings (SSSR count). The van der Waals surface area contributed by atoms with Crippen LogP contribution in [0.5, 0.6) is 0 Å². The lowest BCUT2D eigenvalue weighted by atomic mass is 9.99. The van der Waals surface area contributed by atoms with E-state index >= 15 is 0 Å². The molecule has 9 heteroatoms. The highest BCUT2D eigenvalue weighted by Crippen LogP contribution is 2.22. The van der Waals surface area contributed by atoms with Gasteiger partial charge in [-0.2, -0.15) is 0 Å². The van der Waals surface area contributed by atoms with Crippen LogP contribution in [-0.4, -0.2) is 87.5 Å². The van der Waals surface area contributed by atoms with E-state index in [-0.39, 0.29) is 18.9 Å². The van der Waals surface area contributed by atoms with Crippen LogP contribution in [-0.2, 0) is 14.3 Å². The van der Waals surface area contributed by atoms with Gasteiger partial charge in [0, 0.05) is 6.42 Å². The first-order valence-electron chi connectivity index (χ1n) is 24.8. The normalized spacial score (nSPS) is 21.0. The van der Waals surface area contributed by atoms with E-state index in [1.165, 1.54) is 89.9 Å². The molecule has 1 amide bonds. The third-order valence-electron chi connectivity index (χ3n) is 11.2. The van der Waals surface area contributed by atoms with Gasteiger partial charge in [0.15, 0.2) is 6.29 Å². The fourth-order valence-electron chi connectivity index (χ4n) is 7.24. The van der Waals surface area contributed by atoms with E-state index in [0.717, 1.165) is 64.2 Å². The van der Waals surface area contributed by atoms with Crippen LogP contribution in [0.4, 0.5) is 0 Å². The topological polar surface area (TPSA) is 149 Å². The molecule has 0 aromatic heterocycles. The number of unbranched alkanes of at least 4 members (excludes halogenated alkanes) is 18. The quantitative estimate of drug-likeness (QED) is 0.0263. The molecule has 1 aliphatic rings. The minimum absolute atomic E-state index is 0.227. The Kier molecular flexibility index (Phi) is 39.2. The van der Waals surface area contributed by atoms with Crippen molar-refractivity contribution in [2.24, 2.45) is 0 Å². The number of carbonyl (C=O) groups excluding carboxylic acids is 1. The molecule has 356 valence electrons. The molecule has 1 fully saturated rings. The summed E-state index contributed by atoms with van der Waals surface area (Å²) in [5.41, 5.74) is 0. The third kappa shape index (κ3) is 32.1. The zero-order chi connectivity index (χ0) is 45.1. The van der Waals surface area contributed by atoms with Crippen molar-refractivity contribution in [1.29, 1.82) is 0 Å². The van der Waals surface area contributed by atoms with Crippen molar-refractivity contribution in [3.05, 3.63) is 85.1 Å². The van der Waals surface area contributed by atoms with Crippen molar-refractivity contribution in [2.75, 3.05) is 13.2 Å². The number of hydrogen-bond acceptors (Lipinski definition) is 8. The SMILES string of the molecule is CC/C=C\C/C=C\C/C=C\C/C=C\CCCCC(=O)NC(COC1OC(CO)C(O)C(O)C1O)C(O)/C=C/CC/C=C/CC/C=C/CCCCCCCCCCCCCCCC. The average Bonchev–Trinajstić information content (AvgIpc) is 3.27. The number of allylic oxidation sites excluding steroid dienone is 13. The van der Waals surface area contributed by atoms with Gasteiger partial charge < -0.3 is 40.3 Å². The standard InChI is InChI=1S/C53H91NO8/c1-3-5-7-9-11-13-15-17-19-20-21-22-23-24-25-26-27-29-30-32-34-36-38-40-42-47(56)46(45-61-53-52(60)51(59)50(58)48(44-55)62-53)54-49(57)43-41-39-37-35-33-31-28-18-16-14-12-10-8-6-4-2/h6,8,12,14,18,26-28,32-35,40,42,46-48,50-53,55-56,58-60H,3-5,7,9-11,13,15-17,19-25,29-31,36-39,41,43-45H2,1-2H3,(H,54,57)/b8-6-,14-12-,27-26+,28-18-,34-32+,35-33-,42-40+. The molecule has 0 aromatic rings. The van der Waals surface area contributed by atoms with Crippen LogP contribution in [0.25, 0.3) is 0 Å². The molecule has 1 aliphatic heterocycles. The second kappa shape index (κ2) is 42.3.